The van der Waals surface area contributed by atoms with Gasteiger partial charge in [0.05, 0.1) is 17.9 Å². The van der Waals surface area contributed by atoms with E-state index >= 15 is 4.39 Å². The summed E-state index contributed by atoms with van der Waals surface area (Å²) in [5.41, 5.74) is 5.69. The van der Waals surface area contributed by atoms with Crippen molar-refractivity contribution >= 4 is 22.8 Å². The monoisotopic (exact) mass is 725 g/mol. The predicted molar refractivity (Wildman–Crippen MR) is 208 cm³/mol. The van der Waals surface area contributed by atoms with Crippen LogP contribution in [0, 0.1) is 19.7 Å². The highest BCUT2D eigenvalue weighted by molar-refractivity contribution is 6.01. The van der Waals surface area contributed by atoms with E-state index in [1.165, 1.54) is 6.07 Å². The Hall–Kier alpha value is -4.02. The average molecular weight is 726 g/mol. The minimum atomic E-state index is -1.33. The summed E-state index contributed by atoms with van der Waals surface area (Å²) in [5.74, 6) is -0.317. The Kier molecular flexibility index (Phi) is 9.41. The van der Waals surface area contributed by atoms with Gasteiger partial charge in [0.15, 0.2) is 17.7 Å². The number of hydrogen-bond donors (Lipinski definition) is 1. The Bertz CT molecular complexity index is 2060. The van der Waals surface area contributed by atoms with Crippen LogP contribution in [0.15, 0.2) is 30.5 Å². The first kappa shape index (κ1) is 37.3. The second-order valence-electron chi connectivity index (χ2n) is 17.1. The van der Waals surface area contributed by atoms with E-state index in [1.807, 2.05) is 53.9 Å². The summed E-state index contributed by atoms with van der Waals surface area (Å²) in [7, 11) is 1.99. The fourth-order valence-corrected chi connectivity index (χ4v) is 9.99. The Labute approximate surface area is 313 Å². The maximum atomic E-state index is 16.0. The molecule has 1 aromatic carbocycles. The standard InChI is InChI=1S/C43H56FN5O4/c1-11-48(12-2)28-23-42(8)16-17-43(9,24-28)49(42)34-20-27(15-18-45-34)33-22-31-36(30-21-32(44)37-29(25(30)3)14-13-19-52-37)35(26(4)46-39(31)47(33)10)38(40(50)51)53-41(5,6)7/h15,18,20-22,28,38H,11-14,16-17,19,23-24H2,1-10H3,(H,50,51)/t28?,38-,42-,43+/m0/s1. The third-order valence-electron chi connectivity index (χ3n) is 12.3. The molecular formula is C43H56FN5O4. The Balaban J connectivity index is 1.42. The number of carbonyl (C=O) groups is 1. The molecule has 0 amide bonds. The summed E-state index contributed by atoms with van der Waals surface area (Å²) in [4.78, 5) is 28.3. The van der Waals surface area contributed by atoms with E-state index in [-0.39, 0.29) is 16.8 Å². The number of aliphatic carboxylic acids is 1. The number of hydrogen-bond acceptors (Lipinski definition) is 7. The SMILES string of the molecule is CCN(CC)C1C[C@]2(C)CC[C@](C)(C1)N2c1cc(-c2cc3c(-c4cc(F)c5c(c4C)CCCO5)c([C@H](OC(C)(C)C)C(=O)O)c(C)nc3n2C)ccn1. The van der Waals surface area contributed by atoms with E-state index in [9.17, 15) is 9.90 Å². The van der Waals surface area contributed by atoms with Crippen molar-refractivity contribution in [3.05, 3.63) is 58.7 Å². The zero-order chi connectivity index (χ0) is 38.2. The number of carboxylic acid groups (broad SMARTS) is 1. The number of nitrogens with zero attached hydrogens (tertiary/aromatic N) is 5. The lowest BCUT2D eigenvalue weighted by Gasteiger charge is -2.54. The Morgan fingerprint density at radius 3 is 2.43 bits per heavy atom. The highest BCUT2D eigenvalue weighted by Crippen LogP contribution is 2.53. The van der Waals surface area contributed by atoms with Crippen molar-refractivity contribution in [3.8, 4) is 28.1 Å². The van der Waals surface area contributed by atoms with E-state index in [1.54, 1.807) is 0 Å². The molecule has 3 aliphatic heterocycles. The number of carboxylic acids is 1. The van der Waals surface area contributed by atoms with Crippen LogP contribution >= 0.6 is 0 Å². The van der Waals surface area contributed by atoms with Crippen LogP contribution in [0.25, 0.3) is 33.4 Å². The van der Waals surface area contributed by atoms with Crippen molar-refractivity contribution in [3.63, 3.8) is 0 Å². The molecule has 1 N–H and O–H groups in total. The molecule has 1 unspecified atom stereocenters. The smallest absolute Gasteiger partial charge is 0.337 e. The van der Waals surface area contributed by atoms with Crippen molar-refractivity contribution < 1.29 is 23.8 Å². The first-order valence-electron chi connectivity index (χ1n) is 19.4. The molecule has 10 heteroatoms. The lowest BCUT2D eigenvalue weighted by molar-refractivity contribution is -0.160. The zero-order valence-electron chi connectivity index (χ0n) is 33.2. The predicted octanol–water partition coefficient (Wildman–Crippen LogP) is 8.95. The van der Waals surface area contributed by atoms with Crippen LogP contribution in [0.1, 0.15) is 109 Å². The molecule has 9 nitrogen and oxygen atoms in total. The minimum absolute atomic E-state index is 0.0117. The summed E-state index contributed by atoms with van der Waals surface area (Å²) in [6.45, 7) is 21.2. The highest BCUT2D eigenvalue weighted by Gasteiger charge is 2.56. The number of ether oxygens (including phenoxy) is 2. The Morgan fingerprint density at radius 2 is 1.81 bits per heavy atom. The molecule has 2 saturated heterocycles. The van der Waals surface area contributed by atoms with Crippen molar-refractivity contribution in [1.82, 2.24) is 19.4 Å². The average Bonchev–Trinajstić information content (AvgIpc) is 3.51. The number of benzene rings is 1. The van der Waals surface area contributed by atoms with E-state index in [4.69, 9.17) is 19.4 Å². The molecule has 3 aromatic heterocycles. The number of pyridine rings is 2. The van der Waals surface area contributed by atoms with Crippen LogP contribution in [-0.2, 0) is 23.0 Å². The van der Waals surface area contributed by atoms with E-state index < -0.39 is 23.5 Å². The van der Waals surface area contributed by atoms with Crippen molar-refractivity contribution in [2.75, 3.05) is 24.6 Å². The summed E-state index contributed by atoms with van der Waals surface area (Å²) in [5, 5.41) is 11.4. The van der Waals surface area contributed by atoms with Crippen LogP contribution in [-0.4, -0.2) is 72.9 Å². The van der Waals surface area contributed by atoms with Gasteiger partial charge in [0.25, 0.3) is 0 Å². The molecule has 284 valence electrons. The van der Waals surface area contributed by atoms with E-state index in [0.29, 0.717) is 47.1 Å². The normalized spacial score (nSPS) is 23.4. The molecule has 0 saturated carbocycles. The minimum Gasteiger partial charge on any atom is -0.490 e. The first-order chi connectivity index (χ1) is 25.0. The second-order valence-corrected chi connectivity index (χ2v) is 17.1. The topological polar surface area (TPSA) is 93.0 Å². The molecule has 2 fully saturated rings. The van der Waals surface area contributed by atoms with Crippen molar-refractivity contribution in [2.45, 2.75) is 130 Å². The largest absolute Gasteiger partial charge is 0.490 e. The lowest BCUT2D eigenvalue weighted by Crippen LogP contribution is -2.61. The van der Waals surface area contributed by atoms with Gasteiger partial charge in [-0.25, -0.2) is 19.2 Å². The van der Waals surface area contributed by atoms with Gasteiger partial charge < -0.3 is 28.9 Å². The third kappa shape index (κ3) is 6.29. The van der Waals surface area contributed by atoms with Gasteiger partial charge in [-0.3, -0.25) is 0 Å². The van der Waals surface area contributed by atoms with E-state index in [2.05, 4.69) is 54.2 Å². The first-order valence-corrected chi connectivity index (χ1v) is 19.4. The number of halogens is 1. The molecule has 4 aromatic rings. The highest BCUT2D eigenvalue weighted by atomic mass is 19.1. The van der Waals surface area contributed by atoms with Crippen molar-refractivity contribution in [2.24, 2.45) is 7.05 Å². The number of aromatic nitrogens is 3. The van der Waals surface area contributed by atoms with Crippen LogP contribution in [0.2, 0.25) is 0 Å². The molecule has 53 heavy (non-hydrogen) atoms. The lowest BCUT2D eigenvalue weighted by atomic mass is 9.81. The molecule has 7 rings (SSSR count). The molecule has 2 bridgehead atoms. The summed E-state index contributed by atoms with van der Waals surface area (Å²) >= 11 is 0. The fourth-order valence-electron chi connectivity index (χ4n) is 9.99. The Morgan fingerprint density at radius 1 is 1.13 bits per heavy atom. The van der Waals surface area contributed by atoms with Gasteiger partial charge in [-0.15, -0.1) is 0 Å². The molecule has 4 atom stereocenters. The van der Waals surface area contributed by atoms with Crippen LogP contribution in [0.3, 0.4) is 0 Å². The van der Waals surface area contributed by atoms with Gasteiger partial charge in [-0.2, -0.15) is 0 Å². The van der Waals surface area contributed by atoms with Crippen molar-refractivity contribution in [1.29, 1.82) is 0 Å². The number of anilines is 1. The summed E-state index contributed by atoms with van der Waals surface area (Å²) < 4.78 is 30.1. The third-order valence-corrected chi connectivity index (χ3v) is 12.3. The summed E-state index contributed by atoms with van der Waals surface area (Å²) in [6.07, 6.45) is 6.48. The number of fused-ring (bicyclic) bond motifs is 4. The van der Waals surface area contributed by atoms with Gasteiger partial charge >= 0.3 is 5.97 Å². The zero-order valence-corrected chi connectivity index (χ0v) is 33.2. The van der Waals surface area contributed by atoms with Crippen LogP contribution in [0.5, 0.6) is 5.75 Å². The van der Waals surface area contributed by atoms with Gasteiger partial charge in [0.2, 0.25) is 0 Å². The number of rotatable bonds is 9. The summed E-state index contributed by atoms with van der Waals surface area (Å²) in [6, 6.07) is 8.36. The number of piperidine rings is 1. The van der Waals surface area contributed by atoms with Gasteiger partial charge in [0, 0.05) is 63.7 Å². The van der Waals surface area contributed by atoms with Gasteiger partial charge in [-0.05, 0) is 135 Å². The quantitative estimate of drug-likeness (QED) is 0.183. The van der Waals surface area contributed by atoms with Crippen LogP contribution in [0.4, 0.5) is 10.2 Å². The molecular weight excluding hydrogens is 670 g/mol. The van der Waals surface area contributed by atoms with Gasteiger partial charge in [0.1, 0.15) is 11.5 Å². The molecule has 0 spiro atoms. The van der Waals surface area contributed by atoms with E-state index in [0.717, 1.165) is 78.8 Å². The number of aryl methyl sites for hydroxylation is 2. The maximum absolute atomic E-state index is 16.0. The van der Waals surface area contributed by atoms with Crippen LogP contribution < -0.4 is 9.64 Å². The molecule has 3 aliphatic rings. The molecule has 0 radical (unpaired) electrons. The molecule has 6 heterocycles. The molecule has 0 aliphatic carbocycles. The maximum Gasteiger partial charge on any atom is 0.337 e. The fraction of sp³-hybridized carbons (Fsp3) is 0.558. The van der Waals surface area contributed by atoms with Gasteiger partial charge in [-0.1, -0.05) is 13.8 Å². The second kappa shape index (κ2) is 13.4.